The first-order chi connectivity index (χ1) is 16.6. The highest BCUT2D eigenvalue weighted by Gasteiger charge is 2.29. The van der Waals surface area contributed by atoms with Crippen LogP contribution in [0.4, 0.5) is 0 Å². The number of halogens is 2. The van der Waals surface area contributed by atoms with Crippen molar-refractivity contribution in [3.8, 4) is 0 Å². The van der Waals surface area contributed by atoms with Crippen molar-refractivity contribution in [2.75, 3.05) is 26.2 Å². The molecule has 11 heteroatoms. The zero-order chi connectivity index (χ0) is 26.0. The molecule has 4 N–H and O–H groups in total. The van der Waals surface area contributed by atoms with Crippen molar-refractivity contribution in [1.29, 1.82) is 0 Å². The molecule has 0 spiro atoms. The summed E-state index contributed by atoms with van der Waals surface area (Å²) >= 11 is 12.0. The molecule has 190 valence electrons. The number of carboxylic acid groups (broad SMARTS) is 2. The molecule has 0 bridgehead atoms. The fourth-order valence-corrected chi connectivity index (χ4v) is 4.35. The number of carbonyl (C=O) groups excluding carboxylic acids is 2. The maximum atomic E-state index is 12.9. The molecule has 1 fully saturated rings. The molecule has 1 atom stereocenters. The Bertz CT molecular complexity index is 995. The lowest BCUT2D eigenvalue weighted by Gasteiger charge is -2.39. The van der Waals surface area contributed by atoms with Gasteiger partial charge in [0.05, 0.1) is 16.5 Å². The Balaban J connectivity index is 0.000000466. The lowest BCUT2D eigenvalue weighted by atomic mass is 9.99. The van der Waals surface area contributed by atoms with E-state index in [9.17, 15) is 19.2 Å². The third kappa shape index (κ3) is 9.71. The number of nitrogens with two attached hydrogens (primary N) is 1. The second kappa shape index (κ2) is 13.9. The predicted octanol–water partition coefficient (Wildman–Crippen LogP) is 2.75. The summed E-state index contributed by atoms with van der Waals surface area (Å²) < 4.78 is 0. The van der Waals surface area contributed by atoms with Gasteiger partial charge in [0.1, 0.15) is 0 Å². The van der Waals surface area contributed by atoms with Crippen molar-refractivity contribution in [3.05, 3.63) is 57.6 Å². The van der Waals surface area contributed by atoms with Gasteiger partial charge in [-0.2, -0.15) is 0 Å². The van der Waals surface area contributed by atoms with E-state index in [1.54, 1.807) is 12.1 Å². The minimum atomic E-state index is -1.26. The number of carboxylic acids is 2. The molecule has 0 aromatic heterocycles. The molecule has 2 aliphatic rings. The van der Waals surface area contributed by atoms with Crippen LogP contribution in [0.3, 0.4) is 0 Å². The van der Waals surface area contributed by atoms with E-state index in [1.165, 1.54) is 0 Å². The number of benzene rings is 1. The molecule has 1 unspecified atom stereocenters. The molecule has 0 radical (unpaired) electrons. The van der Waals surface area contributed by atoms with Gasteiger partial charge in [-0.15, -0.1) is 0 Å². The standard InChI is InChI=1S/C20H25Cl2N3O2.C4H4O4/c21-17-7-6-14(10-18(17)22)11-19(26)25-9-2-1-5-16(25)13-24-8-3-4-15(12-24)20(23)27;5-3(6)1-2-4(7)8/h4,6-7,10,16H,1-3,5,8-9,11-13H2,(H2,23,27);1-2H,(H,5,6)(H,7,8). The Kier molecular flexibility index (Phi) is 11.2. The molecule has 3 rings (SSSR count). The summed E-state index contributed by atoms with van der Waals surface area (Å²) in [6.45, 7) is 3.01. The van der Waals surface area contributed by atoms with Gasteiger partial charge in [-0.3, -0.25) is 14.5 Å². The first-order valence-electron chi connectivity index (χ1n) is 11.1. The third-order valence-corrected chi connectivity index (χ3v) is 6.41. The van der Waals surface area contributed by atoms with E-state index in [0.29, 0.717) is 40.7 Å². The second-order valence-electron chi connectivity index (χ2n) is 8.29. The SMILES string of the molecule is NC(=O)C1=CCCN(CC2CCCCN2C(=O)Cc2ccc(Cl)c(Cl)c2)C1.O=C(O)C=CC(=O)O. The van der Waals surface area contributed by atoms with Crippen LogP contribution in [-0.4, -0.2) is 76.0 Å². The van der Waals surface area contributed by atoms with Crippen LogP contribution in [0.25, 0.3) is 0 Å². The average Bonchev–Trinajstić information content (AvgIpc) is 2.81. The first-order valence-corrected chi connectivity index (χ1v) is 11.9. The molecule has 2 heterocycles. The molecule has 2 aliphatic heterocycles. The Morgan fingerprint density at radius 3 is 2.31 bits per heavy atom. The fraction of sp³-hybridized carbons (Fsp3) is 0.417. The van der Waals surface area contributed by atoms with Gasteiger partial charge in [-0.25, -0.2) is 9.59 Å². The van der Waals surface area contributed by atoms with Gasteiger partial charge < -0.3 is 20.8 Å². The molecule has 0 aliphatic carbocycles. The summed E-state index contributed by atoms with van der Waals surface area (Å²) in [6, 6.07) is 5.50. The van der Waals surface area contributed by atoms with E-state index in [1.807, 2.05) is 17.0 Å². The van der Waals surface area contributed by atoms with Crippen molar-refractivity contribution in [2.24, 2.45) is 5.73 Å². The van der Waals surface area contributed by atoms with Crippen molar-refractivity contribution in [2.45, 2.75) is 38.1 Å². The lowest BCUT2D eigenvalue weighted by Crippen LogP contribution is -2.51. The summed E-state index contributed by atoms with van der Waals surface area (Å²) in [5, 5.41) is 16.6. The molecule has 0 saturated carbocycles. The second-order valence-corrected chi connectivity index (χ2v) is 9.10. The number of piperidine rings is 1. The Labute approximate surface area is 213 Å². The predicted molar refractivity (Wildman–Crippen MR) is 132 cm³/mol. The van der Waals surface area contributed by atoms with Crippen LogP contribution >= 0.6 is 23.2 Å². The third-order valence-electron chi connectivity index (χ3n) is 5.67. The van der Waals surface area contributed by atoms with Crippen LogP contribution in [0, 0.1) is 0 Å². The number of amides is 2. The molecule has 1 aromatic rings. The van der Waals surface area contributed by atoms with Crippen molar-refractivity contribution < 1.29 is 29.4 Å². The number of rotatable bonds is 7. The van der Waals surface area contributed by atoms with E-state index in [4.69, 9.17) is 39.1 Å². The van der Waals surface area contributed by atoms with Crippen LogP contribution in [0.5, 0.6) is 0 Å². The summed E-state index contributed by atoms with van der Waals surface area (Å²) in [4.78, 5) is 47.7. The zero-order valence-electron chi connectivity index (χ0n) is 19.2. The van der Waals surface area contributed by atoms with Gasteiger partial charge in [0.25, 0.3) is 0 Å². The summed E-state index contributed by atoms with van der Waals surface area (Å²) in [5.74, 6) is -2.75. The molecular formula is C24H29Cl2N3O6. The van der Waals surface area contributed by atoms with E-state index >= 15 is 0 Å². The molecular weight excluding hydrogens is 497 g/mol. The normalized spacial score (nSPS) is 18.4. The van der Waals surface area contributed by atoms with Crippen LogP contribution in [0.15, 0.2) is 42.0 Å². The number of primary amides is 1. The van der Waals surface area contributed by atoms with Crippen molar-refractivity contribution in [1.82, 2.24) is 9.80 Å². The number of carbonyl (C=O) groups is 4. The number of likely N-dealkylation sites (tertiary alicyclic amines) is 1. The fourth-order valence-electron chi connectivity index (χ4n) is 4.03. The van der Waals surface area contributed by atoms with Gasteiger partial charge in [-0.1, -0.05) is 35.3 Å². The van der Waals surface area contributed by atoms with Crippen LogP contribution in [0.1, 0.15) is 31.2 Å². The Hall–Kier alpha value is -2.88. The summed E-state index contributed by atoms with van der Waals surface area (Å²) in [6.07, 6.45) is 7.31. The number of hydrogen-bond acceptors (Lipinski definition) is 5. The summed E-state index contributed by atoms with van der Waals surface area (Å²) in [7, 11) is 0. The highest BCUT2D eigenvalue weighted by molar-refractivity contribution is 6.42. The molecule has 9 nitrogen and oxygen atoms in total. The minimum absolute atomic E-state index is 0.112. The monoisotopic (exact) mass is 525 g/mol. The lowest BCUT2D eigenvalue weighted by molar-refractivity contribution is -0.135. The largest absolute Gasteiger partial charge is 0.478 e. The van der Waals surface area contributed by atoms with Crippen molar-refractivity contribution in [3.63, 3.8) is 0 Å². The van der Waals surface area contributed by atoms with E-state index in [0.717, 1.165) is 50.9 Å². The highest BCUT2D eigenvalue weighted by atomic mass is 35.5. The Morgan fingerprint density at radius 2 is 1.71 bits per heavy atom. The first kappa shape index (κ1) is 28.4. The van der Waals surface area contributed by atoms with Crippen molar-refractivity contribution >= 4 is 47.0 Å². The molecule has 1 aromatic carbocycles. The maximum absolute atomic E-state index is 12.9. The van der Waals surface area contributed by atoms with Gasteiger partial charge in [0.15, 0.2) is 0 Å². The highest BCUT2D eigenvalue weighted by Crippen LogP contribution is 2.25. The van der Waals surface area contributed by atoms with Crippen LogP contribution in [-0.2, 0) is 25.6 Å². The number of hydrogen-bond donors (Lipinski definition) is 3. The smallest absolute Gasteiger partial charge is 0.328 e. The summed E-state index contributed by atoms with van der Waals surface area (Å²) in [5.41, 5.74) is 6.97. The average molecular weight is 526 g/mol. The van der Waals surface area contributed by atoms with E-state index in [2.05, 4.69) is 4.90 Å². The van der Waals surface area contributed by atoms with E-state index < -0.39 is 11.9 Å². The minimum Gasteiger partial charge on any atom is -0.478 e. The maximum Gasteiger partial charge on any atom is 0.328 e. The van der Waals surface area contributed by atoms with Crippen LogP contribution in [0.2, 0.25) is 10.0 Å². The topological polar surface area (TPSA) is 141 Å². The van der Waals surface area contributed by atoms with Crippen LogP contribution < -0.4 is 5.73 Å². The zero-order valence-corrected chi connectivity index (χ0v) is 20.7. The molecule has 2 amide bonds. The molecule has 1 saturated heterocycles. The number of nitrogens with zero attached hydrogens (tertiary/aromatic N) is 2. The van der Waals surface area contributed by atoms with Gasteiger partial charge in [0.2, 0.25) is 11.8 Å². The van der Waals surface area contributed by atoms with Gasteiger partial charge in [-0.05, 0) is 43.4 Å². The quantitative estimate of drug-likeness (QED) is 0.464. The Morgan fingerprint density at radius 1 is 1.03 bits per heavy atom. The molecule has 35 heavy (non-hydrogen) atoms. The van der Waals surface area contributed by atoms with Gasteiger partial charge in [0, 0.05) is 49.9 Å². The van der Waals surface area contributed by atoms with E-state index in [-0.39, 0.29) is 17.9 Å². The van der Waals surface area contributed by atoms with Gasteiger partial charge >= 0.3 is 11.9 Å². The number of aliphatic carboxylic acids is 2.